The molecular formula is C23H20F3N5O2. The Balaban J connectivity index is 1.67. The minimum Gasteiger partial charge on any atom is -0.316 e. The molecule has 0 spiro atoms. The van der Waals surface area contributed by atoms with E-state index in [2.05, 4.69) is 10.4 Å². The van der Waals surface area contributed by atoms with Crippen LogP contribution >= 0.6 is 0 Å². The summed E-state index contributed by atoms with van der Waals surface area (Å²) in [7, 11) is 1.70. The van der Waals surface area contributed by atoms with E-state index in [1.807, 2.05) is 6.07 Å². The van der Waals surface area contributed by atoms with Crippen molar-refractivity contribution in [2.24, 2.45) is 7.05 Å². The minimum atomic E-state index is -4.50. The van der Waals surface area contributed by atoms with E-state index in [-0.39, 0.29) is 16.9 Å². The molecular weight excluding hydrogens is 435 g/mol. The number of para-hydroxylation sites is 1. The summed E-state index contributed by atoms with van der Waals surface area (Å²) in [6, 6.07) is 13.6. The zero-order chi connectivity index (χ0) is 23.9. The zero-order valence-corrected chi connectivity index (χ0v) is 18.0. The Morgan fingerprint density at radius 1 is 0.970 bits per heavy atom. The number of benzene rings is 2. The van der Waals surface area contributed by atoms with Gasteiger partial charge in [0.15, 0.2) is 0 Å². The first-order valence-electron chi connectivity index (χ1n) is 9.97. The standard InChI is InChI=1S/C23H20F3N5O2/c1-14-19(13-27-30(14)18-11-7-8-16(12-18)23(24,25)26)21(32)28-20-15(2)29(3)31(22(20)33)17-9-5-4-6-10-17/h4-13H,1-3H3,(H,28,32). The van der Waals surface area contributed by atoms with E-state index in [0.29, 0.717) is 17.1 Å². The Morgan fingerprint density at radius 3 is 2.30 bits per heavy atom. The van der Waals surface area contributed by atoms with Crippen molar-refractivity contribution in [3.63, 3.8) is 0 Å². The number of hydrogen-bond donors (Lipinski definition) is 1. The fourth-order valence-electron chi connectivity index (χ4n) is 3.60. The number of nitrogens with one attached hydrogen (secondary N) is 1. The van der Waals surface area contributed by atoms with Gasteiger partial charge in [0, 0.05) is 7.05 Å². The van der Waals surface area contributed by atoms with Crippen LogP contribution in [0.2, 0.25) is 0 Å². The van der Waals surface area contributed by atoms with Crippen LogP contribution in [0.1, 0.15) is 27.3 Å². The molecule has 0 aliphatic carbocycles. The van der Waals surface area contributed by atoms with Gasteiger partial charge < -0.3 is 5.32 Å². The van der Waals surface area contributed by atoms with Crippen molar-refractivity contribution in [2.45, 2.75) is 20.0 Å². The molecule has 2 heterocycles. The highest BCUT2D eigenvalue weighted by Crippen LogP contribution is 2.30. The molecule has 1 N–H and O–H groups in total. The highest BCUT2D eigenvalue weighted by atomic mass is 19.4. The maximum atomic E-state index is 13.1. The van der Waals surface area contributed by atoms with Gasteiger partial charge in [0.2, 0.25) is 0 Å². The summed E-state index contributed by atoms with van der Waals surface area (Å²) in [5, 5.41) is 6.73. The quantitative estimate of drug-likeness (QED) is 0.500. The third kappa shape index (κ3) is 3.95. The lowest BCUT2D eigenvalue weighted by atomic mass is 10.2. The number of carbonyl (C=O) groups excluding carboxylic acids is 1. The SMILES string of the molecule is Cc1c(C(=O)Nc2c(C)n(C)n(-c3ccccc3)c2=O)cnn1-c1cccc(C(F)(F)F)c1. The number of nitrogens with zero attached hydrogens (tertiary/aromatic N) is 4. The van der Waals surface area contributed by atoms with Crippen molar-refractivity contribution < 1.29 is 18.0 Å². The molecule has 0 fully saturated rings. The van der Waals surface area contributed by atoms with Gasteiger partial charge in [0.05, 0.1) is 40.1 Å². The highest BCUT2D eigenvalue weighted by molar-refractivity contribution is 6.05. The van der Waals surface area contributed by atoms with Crippen LogP contribution in [0.15, 0.2) is 65.6 Å². The monoisotopic (exact) mass is 455 g/mol. The van der Waals surface area contributed by atoms with Crippen molar-refractivity contribution in [3.05, 3.63) is 93.7 Å². The lowest BCUT2D eigenvalue weighted by Gasteiger charge is -2.10. The molecule has 10 heteroatoms. The molecule has 33 heavy (non-hydrogen) atoms. The van der Waals surface area contributed by atoms with Crippen molar-refractivity contribution >= 4 is 11.6 Å². The first-order chi connectivity index (χ1) is 15.6. The number of hydrogen-bond acceptors (Lipinski definition) is 3. The van der Waals surface area contributed by atoms with Gasteiger partial charge in [-0.05, 0) is 44.2 Å². The highest BCUT2D eigenvalue weighted by Gasteiger charge is 2.31. The van der Waals surface area contributed by atoms with Crippen molar-refractivity contribution in [3.8, 4) is 11.4 Å². The molecule has 0 saturated carbocycles. The Hall–Kier alpha value is -4.08. The van der Waals surface area contributed by atoms with Gasteiger partial charge in [0.25, 0.3) is 11.5 Å². The molecule has 0 saturated heterocycles. The first kappa shape index (κ1) is 22.1. The molecule has 4 rings (SSSR count). The molecule has 4 aromatic rings. The minimum absolute atomic E-state index is 0.109. The van der Waals surface area contributed by atoms with Gasteiger partial charge in [0.1, 0.15) is 5.69 Å². The normalized spacial score (nSPS) is 11.6. The second kappa shape index (κ2) is 8.12. The number of aromatic nitrogens is 4. The first-order valence-corrected chi connectivity index (χ1v) is 9.97. The van der Waals surface area contributed by atoms with Crippen LogP contribution < -0.4 is 10.9 Å². The lowest BCUT2D eigenvalue weighted by Crippen LogP contribution is -2.23. The predicted molar refractivity (Wildman–Crippen MR) is 117 cm³/mol. The zero-order valence-electron chi connectivity index (χ0n) is 18.0. The summed E-state index contributed by atoms with van der Waals surface area (Å²) < 4.78 is 43.5. The summed E-state index contributed by atoms with van der Waals surface area (Å²) in [6.45, 7) is 3.28. The Kier molecular flexibility index (Phi) is 5.44. The third-order valence-electron chi connectivity index (χ3n) is 5.47. The van der Waals surface area contributed by atoms with Crippen LogP contribution in [0.25, 0.3) is 11.4 Å². The Bertz CT molecular complexity index is 1400. The summed E-state index contributed by atoms with van der Waals surface area (Å²) in [4.78, 5) is 26.0. The average Bonchev–Trinajstić information content (AvgIpc) is 3.27. The van der Waals surface area contributed by atoms with Crippen LogP contribution in [0.4, 0.5) is 18.9 Å². The van der Waals surface area contributed by atoms with E-state index in [0.717, 1.165) is 12.1 Å². The van der Waals surface area contributed by atoms with Crippen LogP contribution in [-0.4, -0.2) is 25.1 Å². The van der Waals surface area contributed by atoms with E-state index < -0.39 is 23.2 Å². The van der Waals surface area contributed by atoms with E-state index >= 15 is 0 Å². The van der Waals surface area contributed by atoms with E-state index in [1.54, 1.807) is 49.8 Å². The largest absolute Gasteiger partial charge is 0.416 e. The Morgan fingerprint density at radius 2 is 1.64 bits per heavy atom. The molecule has 0 radical (unpaired) electrons. The second-order valence-electron chi connectivity index (χ2n) is 7.49. The van der Waals surface area contributed by atoms with Gasteiger partial charge in [-0.2, -0.15) is 18.3 Å². The second-order valence-corrected chi connectivity index (χ2v) is 7.49. The number of carbonyl (C=O) groups is 1. The summed E-state index contributed by atoms with van der Waals surface area (Å²) in [5.41, 5.74) is 0.716. The van der Waals surface area contributed by atoms with E-state index in [9.17, 15) is 22.8 Å². The van der Waals surface area contributed by atoms with Crippen molar-refractivity contribution in [1.82, 2.24) is 19.1 Å². The molecule has 7 nitrogen and oxygen atoms in total. The molecule has 2 aromatic heterocycles. The van der Waals surface area contributed by atoms with Crippen LogP contribution in [0.5, 0.6) is 0 Å². The predicted octanol–water partition coefficient (Wildman–Crippen LogP) is 4.25. The van der Waals surface area contributed by atoms with Crippen LogP contribution in [0.3, 0.4) is 0 Å². The third-order valence-corrected chi connectivity index (χ3v) is 5.47. The van der Waals surface area contributed by atoms with Crippen molar-refractivity contribution in [1.29, 1.82) is 0 Å². The summed E-state index contributed by atoms with van der Waals surface area (Å²) in [6.07, 6.45) is -3.24. The van der Waals surface area contributed by atoms with Gasteiger partial charge in [-0.3, -0.25) is 14.3 Å². The van der Waals surface area contributed by atoms with Crippen LogP contribution in [-0.2, 0) is 13.2 Å². The number of rotatable bonds is 4. The molecule has 0 aliphatic rings. The molecule has 0 bridgehead atoms. The molecule has 0 atom stereocenters. The molecule has 2 aromatic carbocycles. The van der Waals surface area contributed by atoms with Crippen molar-refractivity contribution in [2.75, 3.05) is 5.32 Å². The maximum absolute atomic E-state index is 13.1. The van der Waals surface area contributed by atoms with E-state index in [1.165, 1.54) is 27.7 Å². The van der Waals surface area contributed by atoms with Gasteiger partial charge in [-0.25, -0.2) is 9.36 Å². The molecule has 1 amide bonds. The molecule has 0 unspecified atom stereocenters. The van der Waals surface area contributed by atoms with Gasteiger partial charge >= 0.3 is 6.18 Å². The number of anilines is 1. The number of amides is 1. The average molecular weight is 455 g/mol. The summed E-state index contributed by atoms with van der Waals surface area (Å²) in [5.74, 6) is -0.586. The fraction of sp³-hybridized carbons (Fsp3) is 0.174. The number of halogens is 3. The lowest BCUT2D eigenvalue weighted by molar-refractivity contribution is -0.137. The fourth-order valence-corrected chi connectivity index (χ4v) is 3.60. The number of alkyl halides is 3. The molecule has 0 aliphatic heterocycles. The maximum Gasteiger partial charge on any atom is 0.416 e. The van der Waals surface area contributed by atoms with Gasteiger partial charge in [-0.1, -0.05) is 24.3 Å². The van der Waals surface area contributed by atoms with Crippen LogP contribution in [0, 0.1) is 13.8 Å². The smallest absolute Gasteiger partial charge is 0.316 e. The topological polar surface area (TPSA) is 73.8 Å². The van der Waals surface area contributed by atoms with Gasteiger partial charge in [-0.15, -0.1) is 0 Å². The summed E-state index contributed by atoms with van der Waals surface area (Å²) >= 11 is 0. The molecule has 170 valence electrons. The Labute approximate surface area is 186 Å². The van der Waals surface area contributed by atoms with E-state index in [4.69, 9.17) is 0 Å².